The Labute approximate surface area is 125 Å². The Kier molecular flexibility index (Phi) is 3.66. The van der Waals surface area contributed by atoms with Crippen LogP contribution >= 0.6 is 0 Å². The van der Waals surface area contributed by atoms with Crippen molar-refractivity contribution in [2.45, 2.75) is 32.7 Å². The molecule has 0 aromatic carbocycles. The highest BCUT2D eigenvalue weighted by Gasteiger charge is 2.31. The minimum absolute atomic E-state index is 0.157. The summed E-state index contributed by atoms with van der Waals surface area (Å²) in [5.74, 6) is 3.30. The first-order chi connectivity index (χ1) is 10.2. The van der Waals surface area contributed by atoms with Gasteiger partial charge in [-0.25, -0.2) is 4.98 Å². The van der Waals surface area contributed by atoms with Gasteiger partial charge in [0.05, 0.1) is 11.6 Å². The molecule has 0 aliphatic carbocycles. The van der Waals surface area contributed by atoms with Gasteiger partial charge in [-0.05, 0) is 49.9 Å². The van der Waals surface area contributed by atoms with Crippen LogP contribution in [0.15, 0.2) is 34.9 Å². The molecule has 0 spiro atoms. The lowest BCUT2D eigenvalue weighted by Gasteiger charge is -2.38. The number of aromatic nitrogens is 1. The third-order valence-corrected chi connectivity index (χ3v) is 4.13. The van der Waals surface area contributed by atoms with Gasteiger partial charge >= 0.3 is 0 Å². The lowest BCUT2D eigenvalue weighted by molar-refractivity contribution is 0.323. The molecule has 0 bridgehead atoms. The van der Waals surface area contributed by atoms with Crippen molar-refractivity contribution in [3.05, 3.63) is 47.5 Å². The van der Waals surface area contributed by atoms with Crippen LogP contribution < -0.4 is 4.90 Å². The first-order valence-corrected chi connectivity index (χ1v) is 7.37. The zero-order chi connectivity index (χ0) is 14.8. The normalized spacial score (nSPS) is 22.0. The van der Waals surface area contributed by atoms with Crippen molar-refractivity contribution >= 4 is 5.82 Å². The van der Waals surface area contributed by atoms with Crippen LogP contribution in [-0.4, -0.2) is 11.5 Å². The van der Waals surface area contributed by atoms with E-state index < -0.39 is 0 Å². The number of hydrogen-bond donors (Lipinski definition) is 0. The molecule has 1 fully saturated rings. The molecule has 0 amide bonds. The molecule has 2 aromatic heterocycles. The fourth-order valence-corrected chi connectivity index (χ4v) is 3.01. The number of nitrogens with zero attached hydrogens (tertiary/aromatic N) is 3. The molecule has 0 N–H and O–H groups in total. The van der Waals surface area contributed by atoms with E-state index in [9.17, 15) is 5.26 Å². The van der Waals surface area contributed by atoms with Crippen LogP contribution in [-0.2, 0) is 0 Å². The average molecular weight is 281 g/mol. The molecule has 2 aromatic rings. The second-order valence-electron chi connectivity index (χ2n) is 5.77. The molecule has 2 atom stereocenters. The summed E-state index contributed by atoms with van der Waals surface area (Å²) in [6.45, 7) is 5.13. The van der Waals surface area contributed by atoms with Crippen molar-refractivity contribution in [1.29, 1.82) is 5.26 Å². The highest BCUT2D eigenvalue weighted by Crippen LogP contribution is 2.38. The Balaban J connectivity index is 2.00. The van der Waals surface area contributed by atoms with Gasteiger partial charge in [0.25, 0.3) is 0 Å². The Morgan fingerprint density at radius 1 is 1.38 bits per heavy atom. The summed E-state index contributed by atoms with van der Waals surface area (Å²) in [5, 5.41) is 9.32. The van der Waals surface area contributed by atoms with E-state index in [4.69, 9.17) is 4.42 Å². The van der Waals surface area contributed by atoms with Gasteiger partial charge in [-0.2, -0.15) is 5.26 Å². The van der Waals surface area contributed by atoms with Crippen molar-refractivity contribution in [1.82, 2.24) is 4.98 Å². The molecule has 2 unspecified atom stereocenters. The van der Waals surface area contributed by atoms with Crippen LogP contribution in [0.5, 0.6) is 0 Å². The van der Waals surface area contributed by atoms with Crippen LogP contribution in [0.1, 0.15) is 42.9 Å². The fraction of sp³-hybridized carbons (Fsp3) is 0.412. The van der Waals surface area contributed by atoms with Crippen LogP contribution in [0.4, 0.5) is 5.82 Å². The topological polar surface area (TPSA) is 53.1 Å². The Hall–Kier alpha value is -2.28. The first kappa shape index (κ1) is 13.7. The van der Waals surface area contributed by atoms with Gasteiger partial charge in [0.1, 0.15) is 23.4 Å². The molecule has 0 saturated carbocycles. The van der Waals surface area contributed by atoms with E-state index in [0.29, 0.717) is 11.5 Å². The van der Waals surface area contributed by atoms with Crippen LogP contribution in [0.3, 0.4) is 0 Å². The van der Waals surface area contributed by atoms with Crippen LogP contribution in [0, 0.1) is 24.2 Å². The first-order valence-electron chi connectivity index (χ1n) is 7.37. The van der Waals surface area contributed by atoms with E-state index in [1.165, 1.54) is 0 Å². The number of nitriles is 1. The lowest BCUT2D eigenvalue weighted by Crippen LogP contribution is -2.37. The van der Waals surface area contributed by atoms with E-state index in [-0.39, 0.29) is 6.04 Å². The lowest BCUT2D eigenvalue weighted by atomic mass is 9.91. The van der Waals surface area contributed by atoms with E-state index in [0.717, 1.165) is 36.7 Å². The summed E-state index contributed by atoms with van der Waals surface area (Å²) in [4.78, 5) is 6.66. The second-order valence-corrected chi connectivity index (χ2v) is 5.77. The van der Waals surface area contributed by atoms with Crippen LogP contribution in [0.2, 0.25) is 0 Å². The van der Waals surface area contributed by atoms with Gasteiger partial charge in [0.2, 0.25) is 0 Å². The minimum Gasteiger partial charge on any atom is -0.464 e. The third kappa shape index (κ3) is 2.64. The summed E-state index contributed by atoms with van der Waals surface area (Å²) in [6.07, 6.45) is 3.88. The molecule has 3 heterocycles. The van der Waals surface area contributed by atoms with Gasteiger partial charge in [-0.3, -0.25) is 0 Å². The van der Waals surface area contributed by atoms with Crippen molar-refractivity contribution < 1.29 is 4.42 Å². The molecule has 21 heavy (non-hydrogen) atoms. The monoisotopic (exact) mass is 281 g/mol. The molecule has 4 nitrogen and oxygen atoms in total. The summed E-state index contributed by atoms with van der Waals surface area (Å²) in [7, 11) is 0. The van der Waals surface area contributed by atoms with E-state index in [2.05, 4.69) is 22.9 Å². The summed E-state index contributed by atoms with van der Waals surface area (Å²) >= 11 is 0. The van der Waals surface area contributed by atoms with Gasteiger partial charge < -0.3 is 9.32 Å². The Morgan fingerprint density at radius 2 is 2.24 bits per heavy atom. The molecule has 1 aliphatic rings. The van der Waals surface area contributed by atoms with Crippen molar-refractivity contribution in [2.75, 3.05) is 11.4 Å². The molecule has 4 heteroatoms. The quantitative estimate of drug-likeness (QED) is 0.839. The summed E-state index contributed by atoms with van der Waals surface area (Å²) in [6, 6.07) is 10.1. The maximum atomic E-state index is 9.32. The number of furan rings is 1. The number of pyridine rings is 1. The average Bonchev–Trinajstić information content (AvgIpc) is 2.93. The number of anilines is 1. The van der Waals surface area contributed by atoms with E-state index in [1.807, 2.05) is 25.1 Å². The predicted molar refractivity (Wildman–Crippen MR) is 80.9 cm³/mol. The summed E-state index contributed by atoms with van der Waals surface area (Å²) in [5.41, 5.74) is 0.625. The van der Waals surface area contributed by atoms with Gasteiger partial charge in [-0.15, -0.1) is 0 Å². The number of rotatable bonds is 2. The predicted octanol–water partition coefficient (Wildman–Crippen LogP) is 3.83. The molecule has 1 aliphatic heterocycles. The number of piperidine rings is 1. The fourth-order valence-electron chi connectivity index (χ4n) is 3.01. The molecule has 3 rings (SSSR count). The molecular formula is C17H19N3O. The smallest absolute Gasteiger partial charge is 0.147 e. The Morgan fingerprint density at radius 3 is 2.95 bits per heavy atom. The standard InChI is InChI=1S/C17H19N3O/c1-12-7-9-20(17-14(11-18)4-3-8-19-17)15(10-12)16-6-5-13(2)21-16/h3-6,8,12,15H,7,9-10H2,1-2H3. The number of hydrogen-bond acceptors (Lipinski definition) is 4. The molecule has 108 valence electrons. The zero-order valence-electron chi connectivity index (χ0n) is 12.4. The van der Waals surface area contributed by atoms with Crippen molar-refractivity contribution in [2.24, 2.45) is 5.92 Å². The molecule has 0 radical (unpaired) electrons. The zero-order valence-corrected chi connectivity index (χ0v) is 12.4. The molecular weight excluding hydrogens is 262 g/mol. The van der Waals surface area contributed by atoms with Gasteiger partial charge in [0.15, 0.2) is 0 Å². The van der Waals surface area contributed by atoms with Crippen LogP contribution in [0.25, 0.3) is 0 Å². The SMILES string of the molecule is Cc1ccc(C2CC(C)CCN2c2ncccc2C#N)o1. The largest absolute Gasteiger partial charge is 0.464 e. The number of aryl methyl sites for hydroxylation is 1. The second kappa shape index (κ2) is 5.61. The maximum Gasteiger partial charge on any atom is 0.147 e. The van der Waals surface area contributed by atoms with Crippen molar-refractivity contribution in [3.63, 3.8) is 0 Å². The highest BCUT2D eigenvalue weighted by molar-refractivity contribution is 5.55. The third-order valence-electron chi connectivity index (χ3n) is 4.13. The molecule has 1 saturated heterocycles. The van der Waals surface area contributed by atoms with Crippen molar-refractivity contribution in [3.8, 4) is 6.07 Å². The van der Waals surface area contributed by atoms with E-state index in [1.54, 1.807) is 12.3 Å². The Bertz CT molecular complexity index is 671. The minimum atomic E-state index is 0.157. The summed E-state index contributed by atoms with van der Waals surface area (Å²) < 4.78 is 5.84. The highest BCUT2D eigenvalue weighted by atomic mass is 16.3. The van der Waals surface area contributed by atoms with Gasteiger partial charge in [-0.1, -0.05) is 6.92 Å². The van der Waals surface area contributed by atoms with E-state index >= 15 is 0 Å². The van der Waals surface area contributed by atoms with Gasteiger partial charge in [0, 0.05) is 12.7 Å². The maximum absolute atomic E-state index is 9.32.